The molecule has 4 nitrogen and oxygen atoms in total. The summed E-state index contributed by atoms with van der Waals surface area (Å²) in [5, 5.41) is 7.00. The minimum Gasteiger partial charge on any atom is -0.400 e. The van der Waals surface area contributed by atoms with Crippen LogP contribution in [0.25, 0.3) is 0 Å². The monoisotopic (exact) mass is 318 g/mol. The number of carbonyl (C=O) groups excluding carboxylic acids is 3. The fraction of sp³-hybridized carbons (Fsp3) is 0.400. The molecule has 122 valence electrons. The first-order valence-electron chi connectivity index (χ1n) is 6.55. The van der Waals surface area contributed by atoms with Crippen LogP contribution in [0.5, 0.6) is 0 Å². The lowest BCUT2D eigenvalue weighted by Crippen LogP contribution is -2.22. The minimum atomic E-state index is -3.22. The number of aliphatic hydroxyl groups is 1. The first-order valence-corrected chi connectivity index (χ1v) is 6.55. The predicted molar refractivity (Wildman–Crippen MR) is 73.7 cm³/mol. The lowest BCUT2D eigenvalue weighted by Gasteiger charge is -2.04. The zero-order valence-corrected chi connectivity index (χ0v) is 12.4. The summed E-state index contributed by atoms with van der Waals surface area (Å²) in [6, 6.07) is 3.00. The van der Waals surface area contributed by atoms with Crippen molar-refractivity contribution in [3.8, 4) is 0 Å². The molecule has 0 aromatic heterocycles. The standard InChI is InChI=1S/C12H7F3O3.C2H6.CH4O/c13-5-1-2-6-7(3-5)11(18)8(10(6)17)4-9(16)12(14)15;2*1-2/h1-3,8,12H,4H2;1-2H3;2H,1H3. The minimum absolute atomic E-state index is 0.0199. The molecule has 1 unspecified atom stereocenters. The van der Waals surface area contributed by atoms with Crippen molar-refractivity contribution in [2.75, 3.05) is 7.11 Å². The lowest BCUT2D eigenvalue weighted by molar-refractivity contribution is -0.129. The average Bonchev–Trinajstić information content (AvgIpc) is 2.75. The van der Waals surface area contributed by atoms with E-state index in [1.54, 1.807) is 0 Å². The van der Waals surface area contributed by atoms with E-state index in [4.69, 9.17) is 5.11 Å². The van der Waals surface area contributed by atoms with Crippen molar-refractivity contribution in [1.29, 1.82) is 0 Å². The molecule has 0 amide bonds. The average molecular weight is 318 g/mol. The Hall–Kier alpha value is -2.02. The molecule has 2 rings (SSSR count). The second-order valence-corrected chi connectivity index (χ2v) is 3.94. The molecule has 1 N–H and O–H groups in total. The molecule has 22 heavy (non-hydrogen) atoms. The predicted octanol–water partition coefficient (Wildman–Crippen LogP) is 2.68. The van der Waals surface area contributed by atoms with Crippen molar-refractivity contribution in [3.63, 3.8) is 0 Å². The molecule has 7 heteroatoms. The maximum atomic E-state index is 12.9. The molecule has 0 radical (unpaired) electrons. The molecule has 0 aliphatic heterocycles. The van der Waals surface area contributed by atoms with Crippen molar-refractivity contribution < 1.29 is 32.7 Å². The molecule has 1 aliphatic rings. The lowest BCUT2D eigenvalue weighted by atomic mass is 9.97. The zero-order chi connectivity index (χ0) is 17.4. The quantitative estimate of drug-likeness (QED) is 0.870. The Kier molecular flexibility index (Phi) is 8.26. The van der Waals surface area contributed by atoms with E-state index in [0.717, 1.165) is 25.3 Å². The third-order valence-corrected chi connectivity index (χ3v) is 2.79. The van der Waals surface area contributed by atoms with Gasteiger partial charge in [-0.05, 0) is 18.2 Å². The number of halogens is 3. The highest BCUT2D eigenvalue weighted by atomic mass is 19.3. The van der Waals surface area contributed by atoms with Gasteiger partial charge in [0.15, 0.2) is 17.3 Å². The third kappa shape index (κ3) is 4.24. The van der Waals surface area contributed by atoms with Gasteiger partial charge in [-0.2, -0.15) is 0 Å². The highest BCUT2D eigenvalue weighted by Crippen LogP contribution is 2.30. The van der Waals surface area contributed by atoms with Crippen LogP contribution >= 0.6 is 0 Å². The Balaban J connectivity index is 0.00000102. The summed E-state index contributed by atoms with van der Waals surface area (Å²) in [5.74, 6) is -5.08. The van der Waals surface area contributed by atoms with Crippen molar-refractivity contribution >= 4 is 17.3 Å². The fourth-order valence-electron chi connectivity index (χ4n) is 1.91. The van der Waals surface area contributed by atoms with Crippen LogP contribution < -0.4 is 0 Å². The third-order valence-electron chi connectivity index (χ3n) is 2.79. The van der Waals surface area contributed by atoms with E-state index in [9.17, 15) is 27.6 Å². The van der Waals surface area contributed by atoms with Gasteiger partial charge in [-0.15, -0.1) is 0 Å². The summed E-state index contributed by atoms with van der Waals surface area (Å²) in [6.07, 6.45) is -4.06. The summed E-state index contributed by atoms with van der Waals surface area (Å²) >= 11 is 0. The molecule has 1 aromatic carbocycles. The van der Waals surface area contributed by atoms with Gasteiger partial charge < -0.3 is 5.11 Å². The summed E-state index contributed by atoms with van der Waals surface area (Å²) in [7, 11) is 1.00. The van der Waals surface area contributed by atoms with E-state index in [1.165, 1.54) is 0 Å². The summed E-state index contributed by atoms with van der Waals surface area (Å²) in [6.45, 7) is 4.00. The van der Waals surface area contributed by atoms with Crippen LogP contribution in [-0.4, -0.2) is 36.0 Å². The van der Waals surface area contributed by atoms with E-state index in [0.29, 0.717) is 0 Å². The maximum absolute atomic E-state index is 12.9. The number of rotatable bonds is 3. The number of fused-ring (bicyclic) bond motifs is 1. The van der Waals surface area contributed by atoms with E-state index in [2.05, 4.69) is 0 Å². The van der Waals surface area contributed by atoms with Crippen molar-refractivity contribution in [3.05, 3.63) is 35.1 Å². The molecule has 1 aliphatic carbocycles. The van der Waals surface area contributed by atoms with Gasteiger partial charge in [-0.3, -0.25) is 14.4 Å². The van der Waals surface area contributed by atoms with E-state index >= 15 is 0 Å². The van der Waals surface area contributed by atoms with Gasteiger partial charge in [0.1, 0.15) is 5.82 Å². The van der Waals surface area contributed by atoms with Crippen LogP contribution in [0.15, 0.2) is 18.2 Å². The van der Waals surface area contributed by atoms with Crippen LogP contribution in [0.3, 0.4) is 0 Å². The highest BCUT2D eigenvalue weighted by Gasteiger charge is 2.40. The van der Waals surface area contributed by atoms with Crippen LogP contribution in [0.4, 0.5) is 13.2 Å². The van der Waals surface area contributed by atoms with Crippen LogP contribution in [0.1, 0.15) is 41.0 Å². The van der Waals surface area contributed by atoms with Gasteiger partial charge in [0.25, 0.3) is 6.43 Å². The molecule has 0 spiro atoms. The normalized spacial score (nSPS) is 15.5. The molecule has 0 saturated heterocycles. The van der Waals surface area contributed by atoms with E-state index < -0.39 is 41.9 Å². The second kappa shape index (κ2) is 9.09. The van der Waals surface area contributed by atoms with Crippen LogP contribution in [0.2, 0.25) is 0 Å². The fourth-order valence-corrected chi connectivity index (χ4v) is 1.91. The molecular formula is C15H17F3O4. The second-order valence-electron chi connectivity index (χ2n) is 3.94. The molecular weight excluding hydrogens is 301 g/mol. The zero-order valence-electron chi connectivity index (χ0n) is 12.4. The van der Waals surface area contributed by atoms with Gasteiger partial charge in [0.2, 0.25) is 0 Å². The molecule has 1 atom stereocenters. The Labute approximate surface area is 125 Å². The van der Waals surface area contributed by atoms with Gasteiger partial charge in [0.05, 0.1) is 5.92 Å². The smallest absolute Gasteiger partial charge is 0.296 e. The van der Waals surface area contributed by atoms with Gasteiger partial charge >= 0.3 is 0 Å². The summed E-state index contributed by atoms with van der Waals surface area (Å²) in [4.78, 5) is 34.3. The van der Waals surface area contributed by atoms with Gasteiger partial charge in [-0.1, -0.05) is 13.8 Å². The molecule has 1 aromatic rings. The Morgan fingerprint density at radius 3 is 2.14 bits per heavy atom. The van der Waals surface area contributed by atoms with Gasteiger partial charge in [0, 0.05) is 24.7 Å². The number of Topliss-reactive ketones (excluding diaryl/α,β-unsaturated/α-hetero) is 3. The van der Waals surface area contributed by atoms with Crippen molar-refractivity contribution in [2.45, 2.75) is 26.7 Å². The van der Waals surface area contributed by atoms with E-state index in [1.807, 2.05) is 13.8 Å². The van der Waals surface area contributed by atoms with E-state index in [-0.39, 0.29) is 11.1 Å². The van der Waals surface area contributed by atoms with Crippen molar-refractivity contribution in [2.24, 2.45) is 5.92 Å². The maximum Gasteiger partial charge on any atom is 0.296 e. The van der Waals surface area contributed by atoms with Gasteiger partial charge in [-0.25, -0.2) is 13.2 Å². The van der Waals surface area contributed by atoms with Crippen LogP contribution in [-0.2, 0) is 4.79 Å². The molecule has 0 saturated carbocycles. The SMILES string of the molecule is CC.CO.O=C(CC1C(=O)c2ccc(F)cc2C1=O)C(F)F. The summed E-state index contributed by atoms with van der Waals surface area (Å²) in [5.41, 5.74) is -0.166. The number of ketones is 3. The Morgan fingerprint density at radius 1 is 1.14 bits per heavy atom. The number of hydrogen-bond donors (Lipinski definition) is 1. The molecule has 0 fully saturated rings. The first kappa shape index (κ1) is 20.0. The highest BCUT2D eigenvalue weighted by molar-refractivity contribution is 6.27. The van der Waals surface area contributed by atoms with Crippen LogP contribution in [0, 0.1) is 11.7 Å². The number of alkyl halides is 2. The Bertz CT molecular complexity index is 556. The summed E-state index contributed by atoms with van der Waals surface area (Å²) < 4.78 is 37.1. The molecule has 0 bridgehead atoms. The Morgan fingerprint density at radius 2 is 1.64 bits per heavy atom. The molecule has 0 heterocycles. The number of hydrogen-bond acceptors (Lipinski definition) is 4. The number of aliphatic hydroxyl groups excluding tert-OH is 1. The topological polar surface area (TPSA) is 71.4 Å². The first-order chi connectivity index (χ1) is 10.4. The van der Waals surface area contributed by atoms with Crippen molar-refractivity contribution in [1.82, 2.24) is 0 Å². The largest absolute Gasteiger partial charge is 0.400 e. The number of carbonyl (C=O) groups is 3. The number of benzene rings is 1.